The van der Waals surface area contributed by atoms with Crippen LogP contribution in [0.5, 0.6) is 0 Å². The van der Waals surface area contributed by atoms with Crippen LogP contribution in [0.3, 0.4) is 0 Å². The Morgan fingerprint density at radius 1 is 1.03 bits per heavy atom. The first-order chi connectivity index (χ1) is 15.6. The lowest BCUT2D eigenvalue weighted by Gasteiger charge is -2.12. The molecule has 2 aromatic heterocycles. The Balaban J connectivity index is 1.24. The van der Waals surface area contributed by atoms with Crippen molar-refractivity contribution in [2.24, 2.45) is 0 Å². The average molecular weight is 480 g/mol. The summed E-state index contributed by atoms with van der Waals surface area (Å²) in [5.74, 6) is 0.780. The van der Waals surface area contributed by atoms with Crippen molar-refractivity contribution in [1.82, 2.24) is 4.98 Å². The van der Waals surface area contributed by atoms with Crippen LogP contribution >= 0.6 is 34.5 Å². The molecule has 0 amide bonds. The standard InChI is InChI=1S/C27H23Cl2NOS/c28-25-26-24(32-27(25)29)15-13-22(30-26)12-6-18-2-1-3-21(16-18)23(31)14-7-17-4-8-19(9-5-17)20-10-11-20/h1-6,8-9,12-13,15-16,20,23,31H,7,10-11,14H2/t23-/m0/s1. The van der Waals surface area contributed by atoms with E-state index in [9.17, 15) is 5.11 Å². The highest BCUT2D eigenvalue weighted by Crippen LogP contribution is 2.40. The van der Waals surface area contributed by atoms with Crippen LogP contribution in [0.15, 0.2) is 60.7 Å². The molecule has 1 atom stereocenters. The van der Waals surface area contributed by atoms with Gasteiger partial charge < -0.3 is 5.11 Å². The molecule has 1 aliphatic carbocycles. The fourth-order valence-corrected chi connectivity index (χ4v) is 5.34. The first-order valence-electron chi connectivity index (χ1n) is 10.9. The van der Waals surface area contributed by atoms with Crippen LogP contribution in [0, 0.1) is 0 Å². The maximum Gasteiger partial charge on any atom is 0.114 e. The fourth-order valence-electron chi connectivity index (χ4n) is 3.92. The summed E-state index contributed by atoms with van der Waals surface area (Å²) < 4.78 is 1.54. The molecule has 162 valence electrons. The van der Waals surface area contributed by atoms with Crippen LogP contribution in [-0.4, -0.2) is 10.1 Å². The molecule has 0 spiro atoms. The number of rotatable bonds is 7. The lowest BCUT2D eigenvalue weighted by Crippen LogP contribution is -2.00. The molecule has 2 heterocycles. The smallest absolute Gasteiger partial charge is 0.114 e. The molecule has 4 aromatic rings. The quantitative estimate of drug-likeness (QED) is 0.289. The molecule has 1 saturated carbocycles. The largest absolute Gasteiger partial charge is 0.388 e. The third-order valence-electron chi connectivity index (χ3n) is 5.94. The third kappa shape index (κ3) is 4.92. The molecule has 5 rings (SSSR count). The Morgan fingerprint density at radius 2 is 1.84 bits per heavy atom. The summed E-state index contributed by atoms with van der Waals surface area (Å²) in [6, 6.07) is 20.9. The summed E-state index contributed by atoms with van der Waals surface area (Å²) in [6.07, 6.45) is 7.67. The van der Waals surface area contributed by atoms with Gasteiger partial charge in [-0.3, -0.25) is 0 Å². The minimum atomic E-state index is -0.493. The van der Waals surface area contributed by atoms with Crippen LogP contribution in [0.25, 0.3) is 22.4 Å². The number of pyridine rings is 1. The fraction of sp³-hybridized carbons (Fsp3) is 0.222. The monoisotopic (exact) mass is 479 g/mol. The van der Waals surface area contributed by atoms with Crippen LogP contribution < -0.4 is 0 Å². The molecular formula is C27H23Cl2NOS. The highest BCUT2D eigenvalue weighted by Gasteiger charge is 2.22. The van der Waals surface area contributed by atoms with E-state index in [4.69, 9.17) is 23.2 Å². The number of aliphatic hydroxyl groups excluding tert-OH is 1. The zero-order valence-corrected chi connectivity index (χ0v) is 19.8. The normalized spacial score (nSPS) is 15.0. The summed E-state index contributed by atoms with van der Waals surface area (Å²) in [4.78, 5) is 4.61. The van der Waals surface area contributed by atoms with E-state index < -0.39 is 6.10 Å². The molecule has 0 radical (unpaired) electrons. The predicted octanol–water partition coefficient (Wildman–Crippen LogP) is 8.32. The maximum atomic E-state index is 10.7. The van der Waals surface area contributed by atoms with Crippen molar-refractivity contribution < 1.29 is 5.11 Å². The van der Waals surface area contributed by atoms with Gasteiger partial charge in [0.15, 0.2) is 0 Å². The Bertz CT molecular complexity index is 1270. The average Bonchev–Trinajstić information content (AvgIpc) is 3.63. The number of benzene rings is 2. The molecule has 2 aromatic carbocycles. The number of hydrogen-bond donors (Lipinski definition) is 1. The van der Waals surface area contributed by atoms with Crippen LogP contribution in [0.4, 0.5) is 0 Å². The Morgan fingerprint density at radius 3 is 2.62 bits per heavy atom. The Labute approximate surface area is 202 Å². The van der Waals surface area contributed by atoms with Crippen LogP contribution in [-0.2, 0) is 6.42 Å². The van der Waals surface area contributed by atoms with Gasteiger partial charge in [-0.15, -0.1) is 11.3 Å². The van der Waals surface area contributed by atoms with E-state index in [0.717, 1.165) is 39.4 Å². The van der Waals surface area contributed by atoms with Gasteiger partial charge in [0.2, 0.25) is 0 Å². The van der Waals surface area contributed by atoms with E-state index in [2.05, 4.69) is 29.2 Å². The minimum Gasteiger partial charge on any atom is -0.388 e. The maximum absolute atomic E-state index is 10.7. The summed E-state index contributed by atoms with van der Waals surface area (Å²) in [6.45, 7) is 0. The van der Waals surface area contributed by atoms with E-state index >= 15 is 0 Å². The summed E-state index contributed by atoms with van der Waals surface area (Å²) in [7, 11) is 0. The van der Waals surface area contributed by atoms with Crippen LogP contribution in [0.1, 0.15) is 59.2 Å². The van der Waals surface area contributed by atoms with Gasteiger partial charge >= 0.3 is 0 Å². The number of aromatic nitrogens is 1. The molecule has 0 aliphatic heterocycles. The SMILES string of the molecule is O[C@@H](CCc1ccc(C2CC2)cc1)c1cccc(C=Cc2ccc3sc(Cl)c(Cl)c3n2)c1. The molecule has 1 N–H and O–H groups in total. The number of aliphatic hydroxyl groups is 1. The number of fused-ring (bicyclic) bond motifs is 1. The number of nitrogens with zero attached hydrogens (tertiary/aromatic N) is 1. The van der Waals surface area contributed by atoms with E-state index in [-0.39, 0.29) is 0 Å². The first kappa shape index (κ1) is 21.7. The number of halogens is 2. The van der Waals surface area contributed by atoms with Crippen molar-refractivity contribution in [1.29, 1.82) is 0 Å². The molecule has 1 aliphatic rings. The number of hydrogen-bond acceptors (Lipinski definition) is 3. The molecule has 0 bridgehead atoms. The summed E-state index contributed by atoms with van der Waals surface area (Å²) in [5, 5.41) is 11.2. The second kappa shape index (κ2) is 9.36. The number of aryl methyl sites for hydroxylation is 1. The second-order valence-electron chi connectivity index (χ2n) is 8.35. The highest BCUT2D eigenvalue weighted by atomic mass is 35.5. The van der Waals surface area contributed by atoms with Crippen molar-refractivity contribution >= 4 is 56.9 Å². The summed E-state index contributed by atoms with van der Waals surface area (Å²) in [5.41, 5.74) is 6.22. The molecule has 0 saturated heterocycles. The molecule has 32 heavy (non-hydrogen) atoms. The van der Waals surface area contributed by atoms with Crippen molar-refractivity contribution in [3.8, 4) is 0 Å². The number of thiophene rings is 1. The van der Waals surface area contributed by atoms with Crippen molar-refractivity contribution in [2.45, 2.75) is 37.7 Å². The minimum absolute atomic E-state index is 0.493. The molecule has 1 fully saturated rings. The highest BCUT2D eigenvalue weighted by molar-refractivity contribution is 7.23. The third-order valence-corrected chi connectivity index (χ3v) is 7.87. The predicted molar refractivity (Wildman–Crippen MR) is 137 cm³/mol. The Kier molecular flexibility index (Phi) is 6.34. The van der Waals surface area contributed by atoms with E-state index in [1.165, 1.54) is 35.3 Å². The first-order valence-corrected chi connectivity index (χ1v) is 12.4. The van der Waals surface area contributed by atoms with Gasteiger partial charge in [0, 0.05) is 0 Å². The summed E-state index contributed by atoms with van der Waals surface area (Å²) >= 11 is 13.8. The molecule has 5 heteroatoms. The lowest BCUT2D eigenvalue weighted by molar-refractivity contribution is 0.168. The Hall–Kier alpha value is -2.17. The zero-order valence-electron chi connectivity index (χ0n) is 17.5. The zero-order chi connectivity index (χ0) is 22.1. The van der Waals surface area contributed by atoms with Crippen molar-refractivity contribution in [3.63, 3.8) is 0 Å². The van der Waals surface area contributed by atoms with Gasteiger partial charge in [-0.05, 0) is 78.1 Å². The van der Waals surface area contributed by atoms with Gasteiger partial charge in [-0.1, -0.05) is 71.7 Å². The van der Waals surface area contributed by atoms with E-state index in [1.807, 2.05) is 48.6 Å². The lowest BCUT2D eigenvalue weighted by atomic mass is 9.98. The topological polar surface area (TPSA) is 33.1 Å². The van der Waals surface area contributed by atoms with E-state index in [1.54, 1.807) is 0 Å². The molecule has 2 nitrogen and oxygen atoms in total. The second-order valence-corrected chi connectivity index (χ2v) is 10.4. The van der Waals surface area contributed by atoms with E-state index in [0.29, 0.717) is 15.8 Å². The van der Waals surface area contributed by atoms with Crippen molar-refractivity contribution in [3.05, 3.63) is 98.0 Å². The van der Waals surface area contributed by atoms with Crippen molar-refractivity contribution in [2.75, 3.05) is 0 Å². The van der Waals surface area contributed by atoms with Gasteiger partial charge in [-0.2, -0.15) is 0 Å². The van der Waals surface area contributed by atoms with Crippen LogP contribution in [0.2, 0.25) is 9.36 Å². The molecular weight excluding hydrogens is 457 g/mol. The van der Waals surface area contributed by atoms with Gasteiger partial charge in [0.05, 0.1) is 21.5 Å². The molecule has 0 unspecified atom stereocenters. The van der Waals surface area contributed by atoms with Gasteiger partial charge in [-0.25, -0.2) is 4.98 Å². The van der Waals surface area contributed by atoms with Gasteiger partial charge in [0.25, 0.3) is 0 Å². The van der Waals surface area contributed by atoms with Gasteiger partial charge in [0.1, 0.15) is 9.85 Å².